The predicted octanol–water partition coefficient (Wildman–Crippen LogP) is 1.64. The number of benzene rings is 1. The summed E-state index contributed by atoms with van der Waals surface area (Å²) < 4.78 is 0. The Balaban J connectivity index is 1.26. The fourth-order valence-electron chi connectivity index (χ4n) is 4.36. The van der Waals surface area contributed by atoms with Gasteiger partial charge in [0.25, 0.3) is 0 Å². The second kappa shape index (κ2) is 7.75. The topological polar surface area (TPSA) is 42.3 Å². The first-order valence-corrected chi connectivity index (χ1v) is 9.76. The zero-order chi connectivity index (χ0) is 17.1. The first-order chi connectivity index (χ1) is 12.3. The molecule has 0 aromatic heterocycles. The van der Waals surface area contributed by atoms with Crippen LogP contribution < -0.4 is 0 Å². The zero-order valence-corrected chi connectivity index (χ0v) is 15.1. The van der Waals surface area contributed by atoms with Gasteiger partial charge >= 0.3 is 0 Å². The summed E-state index contributed by atoms with van der Waals surface area (Å²) in [5, 5.41) is 9.10. The van der Waals surface area contributed by atoms with Gasteiger partial charge < -0.3 is 14.9 Å². The van der Waals surface area contributed by atoms with E-state index in [9.17, 15) is 0 Å². The van der Waals surface area contributed by atoms with Gasteiger partial charge in [-0.25, -0.2) is 0 Å². The Morgan fingerprint density at radius 1 is 1.04 bits per heavy atom. The van der Waals surface area contributed by atoms with Crippen molar-refractivity contribution in [3.05, 3.63) is 35.9 Å². The summed E-state index contributed by atoms with van der Waals surface area (Å²) in [4.78, 5) is 12.3. The van der Waals surface area contributed by atoms with E-state index < -0.39 is 0 Å². The van der Waals surface area contributed by atoms with Gasteiger partial charge in [0.2, 0.25) is 0 Å². The molecule has 0 radical (unpaired) electrons. The molecular weight excluding hydrogens is 312 g/mol. The van der Waals surface area contributed by atoms with Crippen LogP contribution in [0.1, 0.15) is 24.8 Å². The largest absolute Gasteiger partial charge is 0.396 e. The number of likely N-dealkylation sites (tertiary alicyclic amines) is 2. The number of aliphatic imine (C=N–C) groups is 1. The van der Waals surface area contributed by atoms with Crippen molar-refractivity contribution in [2.24, 2.45) is 10.9 Å². The lowest BCUT2D eigenvalue weighted by Gasteiger charge is -2.49. The average molecular weight is 342 g/mol. The molecule has 0 atom stereocenters. The molecule has 5 nitrogen and oxygen atoms in total. The molecule has 136 valence electrons. The molecule has 1 aromatic rings. The average Bonchev–Trinajstić information content (AvgIpc) is 3.04. The minimum Gasteiger partial charge on any atom is -0.396 e. The first-order valence-electron chi connectivity index (χ1n) is 9.76. The molecule has 0 saturated carbocycles. The maximum Gasteiger partial charge on any atom is 0.197 e. The molecule has 1 N–H and O–H groups in total. The predicted molar refractivity (Wildman–Crippen MR) is 101 cm³/mol. The van der Waals surface area contributed by atoms with E-state index in [2.05, 4.69) is 45.0 Å². The number of aliphatic hydroxyl groups is 1. The van der Waals surface area contributed by atoms with Gasteiger partial charge in [0, 0.05) is 38.8 Å². The number of guanidine groups is 1. The summed E-state index contributed by atoms with van der Waals surface area (Å²) in [5.74, 6) is 1.94. The normalized spacial score (nSPS) is 23.0. The third kappa shape index (κ3) is 3.82. The van der Waals surface area contributed by atoms with Gasteiger partial charge in [0.15, 0.2) is 5.96 Å². The van der Waals surface area contributed by atoms with E-state index in [1.807, 2.05) is 0 Å². The van der Waals surface area contributed by atoms with Gasteiger partial charge in [0.05, 0.1) is 6.54 Å². The second-order valence-electron chi connectivity index (χ2n) is 7.64. The van der Waals surface area contributed by atoms with Crippen LogP contribution in [0.4, 0.5) is 0 Å². The van der Waals surface area contributed by atoms with Crippen LogP contribution in [-0.4, -0.2) is 77.7 Å². The van der Waals surface area contributed by atoms with E-state index in [-0.39, 0.29) is 0 Å². The van der Waals surface area contributed by atoms with Crippen molar-refractivity contribution in [2.75, 3.05) is 45.9 Å². The van der Waals surface area contributed by atoms with Crippen LogP contribution in [0.2, 0.25) is 0 Å². The number of aliphatic hydroxyl groups excluding tert-OH is 1. The van der Waals surface area contributed by atoms with E-state index in [0.29, 0.717) is 12.6 Å². The third-order valence-corrected chi connectivity index (χ3v) is 5.97. The summed E-state index contributed by atoms with van der Waals surface area (Å²) in [5.41, 5.74) is 1.36. The second-order valence-corrected chi connectivity index (χ2v) is 7.64. The Morgan fingerprint density at radius 3 is 2.52 bits per heavy atom. The third-order valence-electron chi connectivity index (χ3n) is 5.97. The van der Waals surface area contributed by atoms with E-state index in [1.54, 1.807) is 0 Å². The number of nitrogens with zero attached hydrogens (tertiary/aromatic N) is 4. The highest BCUT2D eigenvalue weighted by molar-refractivity contribution is 5.82. The van der Waals surface area contributed by atoms with Gasteiger partial charge in [-0.15, -0.1) is 0 Å². The van der Waals surface area contributed by atoms with Crippen molar-refractivity contribution in [3.8, 4) is 0 Å². The highest BCUT2D eigenvalue weighted by atomic mass is 16.3. The van der Waals surface area contributed by atoms with Crippen LogP contribution in [0.3, 0.4) is 0 Å². The molecule has 25 heavy (non-hydrogen) atoms. The van der Waals surface area contributed by atoms with Crippen molar-refractivity contribution in [3.63, 3.8) is 0 Å². The number of hydrogen-bond acceptors (Lipinski definition) is 5. The lowest BCUT2D eigenvalue weighted by molar-refractivity contribution is 0.0417. The molecule has 0 aliphatic carbocycles. The zero-order valence-electron chi connectivity index (χ0n) is 15.1. The molecule has 0 unspecified atom stereocenters. The first kappa shape index (κ1) is 16.9. The van der Waals surface area contributed by atoms with Crippen LogP contribution in [0.25, 0.3) is 0 Å². The Bertz CT molecular complexity index is 577. The van der Waals surface area contributed by atoms with Gasteiger partial charge in [-0.2, -0.15) is 0 Å². The smallest absolute Gasteiger partial charge is 0.197 e. The molecule has 1 aromatic carbocycles. The minimum atomic E-state index is 0.346. The molecule has 0 amide bonds. The number of rotatable bonds is 5. The van der Waals surface area contributed by atoms with Gasteiger partial charge in [0.1, 0.15) is 0 Å². The highest BCUT2D eigenvalue weighted by Crippen LogP contribution is 2.26. The molecule has 2 fully saturated rings. The monoisotopic (exact) mass is 342 g/mol. The Kier molecular flexibility index (Phi) is 5.22. The Labute approximate surface area is 150 Å². The standard InChI is InChI=1S/C20H30N4O/c25-13-8-17-6-10-22(11-7-17)19-15-24(16-19)20-21-9-12-23(20)14-18-4-2-1-3-5-18/h1-5,17,19,25H,6-16H2. The van der Waals surface area contributed by atoms with Crippen LogP contribution in [0.15, 0.2) is 35.3 Å². The van der Waals surface area contributed by atoms with Crippen LogP contribution in [0.5, 0.6) is 0 Å². The quantitative estimate of drug-likeness (QED) is 0.883. The van der Waals surface area contributed by atoms with Crippen LogP contribution >= 0.6 is 0 Å². The number of hydrogen-bond donors (Lipinski definition) is 1. The molecule has 3 aliphatic heterocycles. The van der Waals surface area contributed by atoms with Crippen LogP contribution in [-0.2, 0) is 6.54 Å². The van der Waals surface area contributed by atoms with E-state index >= 15 is 0 Å². The van der Waals surface area contributed by atoms with E-state index in [4.69, 9.17) is 10.1 Å². The van der Waals surface area contributed by atoms with Crippen LogP contribution in [0, 0.1) is 5.92 Å². The van der Waals surface area contributed by atoms with Crippen molar-refractivity contribution in [1.82, 2.24) is 14.7 Å². The van der Waals surface area contributed by atoms with Crippen molar-refractivity contribution in [2.45, 2.75) is 31.8 Å². The van der Waals surface area contributed by atoms with Gasteiger partial charge in [-0.3, -0.25) is 9.89 Å². The summed E-state index contributed by atoms with van der Waals surface area (Å²) in [7, 11) is 0. The molecule has 3 heterocycles. The lowest BCUT2D eigenvalue weighted by Crippen LogP contribution is -2.64. The van der Waals surface area contributed by atoms with E-state index in [1.165, 1.54) is 37.5 Å². The molecule has 3 aliphatic rings. The minimum absolute atomic E-state index is 0.346. The SMILES string of the molecule is OCCC1CCN(C2CN(C3=NCCN3Cc3ccccc3)C2)CC1. The summed E-state index contributed by atoms with van der Waals surface area (Å²) in [6.07, 6.45) is 3.48. The molecule has 4 rings (SSSR count). The summed E-state index contributed by atoms with van der Waals surface area (Å²) in [6.45, 7) is 7.91. The summed E-state index contributed by atoms with van der Waals surface area (Å²) in [6, 6.07) is 11.4. The summed E-state index contributed by atoms with van der Waals surface area (Å²) >= 11 is 0. The van der Waals surface area contributed by atoms with Gasteiger partial charge in [-0.1, -0.05) is 30.3 Å². The fraction of sp³-hybridized carbons (Fsp3) is 0.650. The number of piperidine rings is 1. The molecular formula is C20H30N4O. The van der Waals surface area contributed by atoms with Crippen molar-refractivity contribution < 1.29 is 5.11 Å². The molecule has 0 spiro atoms. The van der Waals surface area contributed by atoms with E-state index in [0.717, 1.165) is 45.1 Å². The Hall–Kier alpha value is -1.59. The Morgan fingerprint density at radius 2 is 1.80 bits per heavy atom. The van der Waals surface area contributed by atoms with Gasteiger partial charge in [-0.05, 0) is 43.8 Å². The van der Waals surface area contributed by atoms with Crippen molar-refractivity contribution >= 4 is 5.96 Å². The van der Waals surface area contributed by atoms with Crippen molar-refractivity contribution in [1.29, 1.82) is 0 Å². The maximum atomic E-state index is 9.10. The molecule has 2 saturated heterocycles. The maximum absolute atomic E-state index is 9.10. The highest BCUT2D eigenvalue weighted by Gasteiger charge is 2.37. The molecule has 5 heteroatoms. The molecule has 0 bridgehead atoms. The fourth-order valence-corrected chi connectivity index (χ4v) is 4.36. The lowest BCUT2D eigenvalue weighted by atomic mass is 9.92.